The zero-order valence-corrected chi connectivity index (χ0v) is 12.6. The van der Waals surface area contributed by atoms with Crippen LogP contribution in [0.15, 0.2) is 17.5 Å². The molecule has 2 aliphatic rings. The summed E-state index contributed by atoms with van der Waals surface area (Å²) in [5.41, 5.74) is 0. The van der Waals surface area contributed by atoms with Crippen LogP contribution in [0.4, 0.5) is 0 Å². The molecule has 2 atom stereocenters. The van der Waals surface area contributed by atoms with Gasteiger partial charge < -0.3 is 15.5 Å². The predicted octanol–water partition coefficient (Wildman–Crippen LogP) is 0.779. The summed E-state index contributed by atoms with van der Waals surface area (Å²) in [5.74, 6) is 0.0691. The number of nitrogens with zero attached hydrogens (tertiary/aromatic N) is 1. The van der Waals surface area contributed by atoms with Crippen molar-refractivity contribution in [2.45, 2.75) is 12.5 Å². The highest BCUT2D eigenvalue weighted by Gasteiger charge is 2.38. The smallest absolute Gasteiger partial charge is 0.248 e. The maximum atomic E-state index is 12.6. The van der Waals surface area contributed by atoms with E-state index in [1.807, 2.05) is 17.5 Å². The molecule has 0 saturated carbocycles. The molecule has 0 bridgehead atoms. The lowest BCUT2D eigenvalue weighted by molar-refractivity contribution is -0.146. The van der Waals surface area contributed by atoms with Crippen molar-refractivity contribution >= 4 is 35.6 Å². The first-order valence-corrected chi connectivity index (χ1v) is 7.47. The molecule has 2 fully saturated rings. The third-order valence-electron chi connectivity index (χ3n) is 3.72. The third kappa shape index (κ3) is 2.82. The summed E-state index contributed by atoms with van der Waals surface area (Å²) in [5, 5.41) is 8.00. The molecule has 2 saturated heterocycles. The lowest BCUT2D eigenvalue weighted by Gasteiger charge is -2.36. The Balaban J connectivity index is 0.00000147. The minimum Gasteiger partial charge on any atom is -0.352 e. The molecule has 2 N–H and O–H groups in total. The van der Waals surface area contributed by atoms with E-state index >= 15 is 0 Å². The number of carbonyl (C=O) groups excluding carboxylic acids is 2. The van der Waals surface area contributed by atoms with Gasteiger partial charge >= 0.3 is 0 Å². The highest BCUT2D eigenvalue weighted by Crippen LogP contribution is 2.29. The van der Waals surface area contributed by atoms with Gasteiger partial charge in [0.1, 0.15) is 6.04 Å². The van der Waals surface area contributed by atoms with Gasteiger partial charge in [-0.2, -0.15) is 0 Å². The second-order valence-corrected chi connectivity index (χ2v) is 5.91. The van der Waals surface area contributed by atoms with Crippen molar-refractivity contribution in [3.63, 3.8) is 0 Å². The number of hydrogen-bond donors (Lipinski definition) is 2. The van der Waals surface area contributed by atoms with Crippen LogP contribution < -0.4 is 10.6 Å². The third-order valence-corrected chi connectivity index (χ3v) is 4.64. The molecule has 2 aliphatic heterocycles. The van der Waals surface area contributed by atoms with Crippen molar-refractivity contribution in [1.82, 2.24) is 15.5 Å². The van der Waals surface area contributed by atoms with Gasteiger partial charge in [-0.25, -0.2) is 0 Å². The predicted molar refractivity (Wildman–Crippen MR) is 80.0 cm³/mol. The van der Waals surface area contributed by atoms with E-state index in [9.17, 15) is 9.59 Å². The van der Waals surface area contributed by atoms with Crippen LogP contribution >= 0.6 is 23.7 Å². The van der Waals surface area contributed by atoms with Gasteiger partial charge in [0, 0.05) is 24.5 Å². The Morgan fingerprint density at radius 2 is 2.25 bits per heavy atom. The van der Waals surface area contributed by atoms with Crippen LogP contribution in [0.2, 0.25) is 0 Å². The summed E-state index contributed by atoms with van der Waals surface area (Å²) in [6, 6.07) is 3.40. The molecule has 0 spiro atoms. The van der Waals surface area contributed by atoms with Crippen molar-refractivity contribution < 1.29 is 9.59 Å². The van der Waals surface area contributed by atoms with E-state index in [0.29, 0.717) is 13.1 Å². The van der Waals surface area contributed by atoms with Crippen molar-refractivity contribution in [1.29, 1.82) is 0 Å². The fourth-order valence-corrected chi connectivity index (χ4v) is 3.57. The lowest BCUT2D eigenvalue weighted by atomic mass is 10.0. The summed E-state index contributed by atoms with van der Waals surface area (Å²) in [6.45, 7) is 2.77. The Labute approximate surface area is 128 Å². The van der Waals surface area contributed by atoms with E-state index < -0.39 is 6.04 Å². The molecule has 0 radical (unpaired) electrons. The molecule has 1 aromatic rings. The van der Waals surface area contributed by atoms with Gasteiger partial charge in [-0.1, -0.05) is 6.07 Å². The normalized spacial score (nSPS) is 26.0. The maximum Gasteiger partial charge on any atom is 0.248 e. The molecular formula is C13H18ClN3O2S. The van der Waals surface area contributed by atoms with Gasteiger partial charge in [0.05, 0.1) is 5.92 Å². The molecule has 3 heterocycles. The zero-order chi connectivity index (χ0) is 13.2. The Morgan fingerprint density at radius 1 is 1.40 bits per heavy atom. The molecule has 3 rings (SSSR count). The van der Waals surface area contributed by atoms with Gasteiger partial charge in [0.25, 0.3) is 0 Å². The first-order chi connectivity index (χ1) is 9.27. The van der Waals surface area contributed by atoms with E-state index in [0.717, 1.165) is 24.4 Å². The standard InChI is InChI=1S/C13H17N3O2S.ClH/c17-12-11(10-2-1-7-19-10)16(6-5-15-12)13(18)9-3-4-14-8-9;/h1-2,7,9,11,14H,3-6,8H2,(H,15,17);1H. The molecule has 0 aromatic carbocycles. The van der Waals surface area contributed by atoms with Gasteiger partial charge in [-0.3, -0.25) is 9.59 Å². The van der Waals surface area contributed by atoms with E-state index in [4.69, 9.17) is 0 Å². The summed E-state index contributed by atoms with van der Waals surface area (Å²) in [6.07, 6.45) is 0.869. The van der Waals surface area contributed by atoms with Crippen molar-refractivity contribution in [3.8, 4) is 0 Å². The van der Waals surface area contributed by atoms with E-state index in [1.165, 1.54) is 11.3 Å². The molecule has 0 aliphatic carbocycles. The average Bonchev–Trinajstić information content (AvgIpc) is 3.10. The fourth-order valence-electron chi connectivity index (χ4n) is 2.73. The number of rotatable bonds is 2. The number of hydrogen-bond acceptors (Lipinski definition) is 4. The SMILES string of the molecule is Cl.O=C1NCCN(C(=O)C2CCNC2)C1c1cccs1. The van der Waals surface area contributed by atoms with Gasteiger partial charge in [-0.05, 0) is 24.4 Å². The molecule has 1 aromatic heterocycles. The molecule has 5 nitrogen and oxygen atoms in total. The topological polar surface area (TPSA) is 61.4 Å². The molecule has 7 heteroatoms. The fraction of sp³-hybridized carbons (Fsp3) is 0.538. The second-order valence-electron chi connectivity index (χ2n) is 4.93. The van der Waals surface area contributed by atoms with Gasteiger partial charge in [-0.15, -0.1) is 23.7 Å². The highest BCUT2D eigenvalue weighted by molar-refractivity contribution is 7.10. The van der Waals surface area contributed by atoms with Crippen LogP contribution in [0, 0.1) is 5.92 Å². The maximum absolute atomic E-state index is 12.6. The average molecular weight is 316 g/mol. The number of halogens is 1. The summed E-state index contributed by atoms with van der Waals surface area (Å²) >= 11 is 1.53. The highest BCUT2D eigenvalue weighted by atomic mass is 35.5. The number of thiophene rings is 1. The van der Waals surface area contributed by atoms with E-state index in [2.05, 4.69) is 10.6 Å². The Morgan fingerprint density at radius 3 is 2.90 bits per heavy atom. The van der Waals surface area contributed by atoms with Crippen molar-refractivity contribution in [2.75, 3.05) is 26.2 Å². The minimum atomic E-state index is -0.443. The van der Waals surface area contributed by atoms with E-state index in [1.54, 1.807) is 4.90 Å². The van der Waals surface area contributed by atoms with Gasteiger partial charge in [0.2, 0.25) is 11.8 Å². The number of nitrogens with one attached hydrogen (secondary N) is 2. The molecule has 110 valence electrons. The van der Waals surface area contributed by atoms with Crippen LogP contribution in [-0.2, 0) is 9.59 Å². The Bertz CT molecular complexity index is 474. The number of carbonyl (C=O) groups is 2. The largest absolute Gasteiger partial charge is 0.352 e. The van der Waals surface area contributed by atoms with Gasteiger partial charge in [0.15, 0.2) is 0 Å². The number of amides is 2. The van der Waals surface area contributed by atoms with Crippen LogP contribution in [0.3, 0.4) is 0 Å². The second kappa shape index (κ2) is 6.56. The Kier molecular flexibility index (Phi) is 5.01. The minimum absolute atomic E-state index is 0. The first kappa shape index (κ1) is 15.3. The molecule has 20 heavy (non-hydrogen) atoms. The monoisotopic (exact) mass is 315 g/mol. The zero-order valence-electron chi connectivity index (χ0n) is 11.0. The van der Waals surface area contributed by atoms with Crippen LogP contribution in [0.1, 0.15) is 17.3 Å². The molecule has 2 amide bonds. The van der Waals surface area contributed by atoms with E-state index in [-0.39, 0.29) is 30.1 Å². The first-order valence-electron chi connectivity index (χ1n) is 6.59. The Hall–Kier alpha value is -1.11. The lowest BCUT2D eigenvalue weighted by Crippen LogP contribution is -2.53. The van der Waals surface area contributed by atoms with Crippen LogP contribution in [-0.4, -0.2) is 42.9 Å². The molecular weight excluding hydrogens is 298 g/mol. The summed E-state index contributed by atoms with van der Waals surface area (Å²) in [7, 11) is 0. The van der Waals surface area contributed by atoms with Crippen LogP contribution in [0.25, 0.3) is 0 Å². The van der Waals surface area contributed by atoms with Crippen LogP contribution in [0.5, 0.6) is 0 Å². The van der Waals surface area contributed by atoms with Crippen molar-refractivity contribution in [3.05, 3.63) is 22.4 Å². The summed E-state index contributed by atoms with van der Waals surface area (Å²) < 4.78 is 0. The molecule has 2 unspecified atom stereocenters. The summed E-state index contributed by atoms with van der Waals surface area (Å²) in [4.78, 5) is 27.4. The van der Waals surface area contributed by atoms with Crippen molar-refractivity contribution in [2.24, 2.45) is 5.92 Å². The quantitative estimate of drug-likeness (QED) is 0.848. The number of piperazine rings is 1.